The number of methoxy groups -OCH3 is 1. The first-order valence-electron chi connectivity index (χ1n) is 14.2. The topological polar surface area (TPSA) is 36.0 Å². The number of piperidine rings is 1. The van der Waals surface area contributed by atoms with Gasteiger partial charge < -0.3 is 19.4 Å². The molecule has 6 heteroatoms. The highest BCUT2D eigenvalue weighted by Crippen LogP contribution is 2.41. The maximum atomic E-state index is 14.1. The van der Waals surface area contributed by atoms with Crippen LogP contribution in [-0.4, -0.2) is 54.2 Å². The highest BCUT2D eigenvalue weighted by molar-refractivity contribution is 5.93. The molecule has 1 aliphatic carbocycles. The summed E-state index contributed by atoms with van der Waals surface area (Å²) in [6.07, 6.45) is 14.2. The molecule has 1 saturated carbocycles. The van der Waals surface area contributed by atoms with E-state index in [4.69, 9.17) is 4.74 Å². The summed E-state index contributed by atoms with van der Waals surface area (Å²) in [5.41, 5.74) is 1.84. The van der Waals surface area contributed by atoms with Gasteiger partial charge in [-0.3, -0.25) is 4.79 Å². The lowest BCUT2D eigenvalue weighted by Gasteiger charge is -2.45. The largest absolute Gasteiger partial charge is 0.497 e. The van der Waals surface area contributed by atoms with Gasteiger partial charge in [-0.05, 0) is 55.5 Å². The van der Waals surface area contributed by atoms with Gasteiger partial charge in [-0.15, -0.1) is 12.4 Å². The van der Waals surface area contributed by atoms with Crippen molar-refractivity contribution in [2.75, 3.05) is 31.8 Å². The lowest BCUT2D eigenvalue weighted by Crippen LogP contribution is -2.58. The molecule has 0 bridgehead atoms. The monoisotopic (exact) mass is 525 g/mol. The maximum absolute atomic E-state index is 14.1. The van der Waals surface area contributed by atoms with Gasteiger partial charge in [-0.1, -0.05) is 75.3 Å². The van der Waals surface area contributed by atoms with Crippen molar-refractivity contribution in [2.24, 2.45) is 0 Å². The van der Waals surface area contributed by atoms with Crippen molar-refractivity contribution in [1.82, 2.24) is 9.80 Å². The van der Waals surface area contributed by atoms with Crippen LogP contribution in [-0.2, 0) is 11.3 Å². The Hall–Kier alpha value is -2.24. The summed E-state index contributed by atoms with van der Waals surface area (Å²) in [5, 5.41) is 0. The average molecular weight is 526 g/mol. The van der Waals surface area contributed by atoms with Crippen molar-refractivity contribution in [3.63, 3.8) is 0 Å². The fourth-order valence-electron chi connectivity index (χ4n) is 6.73. The zero-order chi connectivity index (χ0) is 24.8. The first-order chi connectivity index (χ1) is 17.7. The Morgan fingerprint density at radius 2 is 1.51 bits per heavy atom. The Bertz CT molecular complexity index is 983. The van der Waals surface area contributed by atoms with Crippen molar-refractivity contribution in [2.45, 2.75) is 88.8 Å². The molecule has 0 radical (unpaired) electrons. The van der Waals surface area contributed by atoms with E-state index in [2.05, 4.69) is 51.1 Å². The van der Waals surface area contributed by atoms with Crippen LogP contribution in [0.5, 0.6) is 5.75 Å². The van der Waals surface area contributed by atoms with Gasteiger partial charge in [-0.2, -0.15) is 0 Å². The molecule has 202 valence electrons. The molecule has 5 nitrogen and oxygen atoms in total. The van der Waals surface area contributed by atoms with Gasteiger partial charge in [0.2, 0.25) is 5.91 Å². The summed E-state index contributed by atoms with van der Waals surface area (Å²) in [7, 11) is 1.69. The van der Waals surface area contributed by atoms with E-state index in [0.29, 0.717) is 25.2 Å². The predicted octanol–water partition coefficient (Wildman–Crippen LogP) is 6.65. The van der Waals surface area contributed by atoms with E-state index in [1.54, 1.807) is 7.11 Å². The summed E-state index contributed by atoms with van der Waals surface area (Å²) in [6.45, 7) is 3.30. The van der Waals surface area contributed by atoms with E-state index < -0.39 is 5.54 Å². The van der Waals surface area contributed by atoms with Gasteiger partial charge in [0.15, 0.2) is 0 Å². The number of para-hydroxylation sites is 1. The molecule has 2 saturated heterocycles. The number of carbonyl (C=O) groups is 1. The van der Waals surface area contributed by atoms with E-state index in [9.17, 15) is 4.79 Å². The number of amides is 1. The zero-order valence-electron chi connectivity index (χ0n) is 22.4. The molecule has 3 aliphatic rings. The second-order valence-corrected chi connectivity index (χ2v) is 11.0. The van der Waals surface area contributed by atoms with Crippen molar-refractivity contribution in [3.05, 3.63) is 60.2 Å². The Balaban J connectivity index is 0.00000320. The summed E-state index contributed by atoms with van der Waals surface area (Å²) in [6, 6.07) is 19.4. The Morgan fingerprint density at radius 3 is 2.16 bits per heavy atom. The van der Waals surface area contributed by atoms with Gasteiger partial charge in [0.1, 0.15) is 11.3 Å². The molecule has 37 heavy (non-hydrogen) atoms. The Morgan fingerprint density at radius 1 is 0.865 bits per heavy atom. The van der Waals surface area contributed by atoms with Crippen LogP contribution in [0.4, 0.5) is 5.69 Å². The van der Waals surface area contributed by atoms with E-state index >= 15 is 0 Å². The number of likely N-dealkylation sites (tertiary alicyclic amines) is 1. The minimum Gasteiger partial charge on any atom is -0.497 e. The Kier molecular flexibility index (Phi) is 9.77. The van der Waals surface area contributed by atoms with Crippen LogP contribution < -0.4 is 9.64 Å². The molecule has 1 spiro atoms. The summed E-state index contributed by atoms with van der Waals surface area (Å²) >= 11 is 0. The summed E-state index contributed by atoms with van der Waals surface area (Å²) < 4.78 is 5.43. The van der Waals surface area contributed by atoms with Crippen LogP contribution in [0.3, 0.4) is 0 Å². The third kappa shape index (κ3) is 6.26. The van der Waals surface area contributed by atoms with Crippen molar-refractivity contribution < 1.29 is 9.53 Å². The maximum Gasteiger partial charge on any atom is 0.250 e. The molecule has 2 aromatic rings. The molecule has 0 atom stereocenters. The molecule has 0 unspecified atom stereocenters. The van der Waals surface area contributed by atoms with Crippen LogP contribution in [0.15, 0.2) is 54.6 Å². The normalized spacial score (nSPS) is 21.6. The lowest BCUT2D eigenvalue weighted by atomic mass is 9.84. The number of ether oxygens (including phenoxy) is 1. The van der Waals surface area contributed by atoms with Gasteiger partial charge >= 0.3 is 0 Å². The van der Waals surface area contributed by atoms with E-state index in [0.717, 1.165) is 42.9 Å². The van der Waals surface area contributed by atoms with Gasteiger partial charge in [-0.25, -0.2) is 0 Å². The number of hydrogen-bond donors (Lipinski definition) is 0. The summed E-state index contributed by atoms with van der Waals surface area (Å²) in [5.74, 6) is 1.13. The van der Waals surface area contributed by atoms with Crippen LogP contribution in [0.25, 0.3) is 0 Å². The first-order valence-corrected chi connectivity index (χ1v) is 14.2. The standard InChI is InChI=1S/C31H43N3O2.ClH/c1-36-29-18-12-13-26(23-29)24-33-25-34(28-16-10-7-11-17-28)31(30(33)35)19-21-32(22-20-31)27-14-8-5-3-2-4-6-9-15-27;/h7,10-13,16-18,23,27H,2-6,8-9,14-15,19-22,24-25H2,1H3;1H. The van der Waals surface area contributed by atoms with Crippen molar-refractivity contribution in [3.8, 4) is 5.75 Å². The van der Waals surface area contributed by atoms with Crippen LogP contribution in [0.1, 0.15) is 76.2 Å². The fourth-order valence-corrected chi connectivity index (χ4v) is 6.73. The lowest BCUT2D eigenvalue weighted by molar-refractivity contribution is -0.134. The minimum absolute atomic E-state index is 0. The number of benzene rings is 2. The minimum atomic E-state index is -0.438. The average Bonchev–Trinajstić information content (AvgIpc) is 3.19. The quantitative estimate of drug-likeness (QED) is 0.438. The fraction of sp³-hybridized carbons (Fsp3) is 0.581. The van der Waals surface area contributed by atoms with Gasteiger partial charge in [0.05, 0.1) is 13.8 Å². The van der Waals surface area contributed by atoms with E-state index in [-0.39, 0.29) is 12.4 Å². The number of nitrogens with zero attached hydrogens (tertiary/aromatic N) is 3. The van der Waals surface area contributed by atoms with Crippen molar-refractivity contribution >= 4 is 24.0 Å². The molecule has 0 aromatic heterocycles. The van der Waals surface area contributed by atoms with Gasteiger partial charge in [0.25, 0.3) is 0 Å². The van der Waals surface area contributed by atoms with Crippen LogP contribution in [0, 0.1) is 0 Å². The second kappa shape index (κ2) is 13.0. The third-order valence-electron chi connectivity index (χ3n) is 8.81. The number of halogens is 1. The molecular weight excluding hydrogens is 482 g/mol. The zero-order valence-corrected chi connectivity index (χ0v) is 23.3. The van der Waals surface area contributed by atoms with E-state index in [1.807, 2.05) is 18.2 Å². The molecule has 5 rings (SSSR count). The molecule has 2 heterocycles. The Labute approximate surface area is 229 Å². The molecule has 3 fully saturated rings. The second-order valence-electron chi connectivity index (χ2n) is 11.0. The highest BCUT2D eigenvalue weighted by atomic mass is 35.5. The van der Waals surface area contributed by atoms with Gasteiger partial charge in [0, 0.05) is 31.4 Å². The number of rotatable bonds is 5. The van der Waals surface area contributed by atoms with Crippen LogP contribution in [0.2, 0.25) is 0 Å². The molecule has 1 amide bonds. The number of anilines is 1. The molecule has 2 aromatic carbocycles. The predicted molar refractivity (Wildman–Crippen MR) is 153 cm³/mol. The highest BCUT2D eigenvalue weighted by Gasteiger charge is 2.54. The number of hydrogen-bond acceptors (Lipinski definition) is 4. The van der Waals surface area contributed by atoms with Crippen LogP contribution >= 0.6 is 12.4 Å². The molecule has 0 N–H and O–H groups in total. The molecule has 2 aliphatic heterocycles. The molecular formula is C31H44ClN3O2. The summed E-state index contributed by atoms with van der Waals surface area (Å²) in [4.78, 5) is 21.3. The van der Waals surface area contributed by atoms with Crippen molar-refractivity contribution in [1.29, 1.82) is 0 Å². The SMILES string of the molecule is COc1cccc(CN2CN(c3ccccc3)C3(CCN(C4CCCCCCCCC4)CC3)C2=O)c1.Cl. The third-order valence-corrected chi connectivity index (χ3v) is 8.81. The first kappa shape index (κ1) is 27.8. The smallest absolute Gasteiger partial charge is 0.250 e. The number of carbonyl (C=O) groups excluding carboxylic acids is 1. The van der Waals surface area contributed by atoms with E-state index in [1.165, 1.54) is 57.8 Å².